The molecule has 0 aliphatic heterocycles. The molecule has 0 saturated heterocycles. The topological polar surface area (TPSA) is 78.9 Å². The lowest BCUT2D eigenvalue weighted by atomic mass is 10.00. The molecule has 0 aliphatic rings. The van der Waals surface area contributed by atoms with Crippen molar-refractivity contribution in [2.24, 2.45) is 11.8 Å². The highest BCUT2D eigenvalue weighted by Gasteiger charge is 2.19. The molecular formula is C46H88O6. The highest BCUT2D eigenvalue weighted by Crippen LogP contribution is 2.17. The molecule has 1 unspecified atom stereocenters. The predicted octanol–water partition coefficient (Wildman–Crippen LogP) is 14.2. The average Bonchev–Trinajstić information content (AvgIpc) is 3.12. The Balaban J connectivity index is 4.34. The summed E-state index contributed by atoms with van der Waals surface area (Å²) in [6.07, 6.45) is 36.6. The molecule has 0 aromatic rings. The molecule has 0 aliphatic carbocycles. The van der Waals surface area contributed by atoms with E-state index in [1.165, 1.54) is 135 Å². The van der Waals surface area contributed by atoms with Crippen LogP contribution in [0.5, 0.6) is 0 Å². The van der Waals surface area contributed by atoms with E-state index in [-0.39, 0.29) is 31.1 Å². The van der Waals surface area contributed by atoms with Gasteiger partial charge in [-0.1, -0.05) is 208 Å². The van der Waals surface area contributed by atoms with Crippen LogP contribution in [-0.2, 0) is 28.6 Å². The maximum absolute atomic E-state index is 12.7. The Morgan fingerprint density at radius 1 is 0.404 bits per heavy atom. The fourth-order valence-corrected chi connectivity index (χ4v) is 6.72. The molecule has 0 saturated carbocycles. The third-order valence-electron chi connectivity index (χ3n) is 10.6. The molecule has 0 N–H and O–H groups in total. The first kappa shape index (κ1) is 50.4. The lowest BCUT2D eigenvalue weighted by Crippen LogP contribution is -2.30. The van der Waals surface area contributed by atoms with Crippen LogP contribution in [0.15, 0.2) is 0 Å². The Labute approximate surface area is 323 Å². The van der Waals surface area contributed by atoms with Gasteiger partial charge in [0.25, 0.3) is 0 Å². The van der Waals surface area contributed by atoms with E-state index >= 15 is 0 Å². The summed E-state index contributed by atoms with van der Waals surface area (Å²) in [4.78, 5) is 37.7. The van der Waals surface area contributed by atoms with Crippen LogP contribution in [0.2, 0.25) is 0 Å². The Kier molecular flexibility index (Phi) is 37.9. The fourth-order valence-electron chi connectivity index (χ4n) is 6.72. The largest absolute Gasteiger partial charge is 0.462 e. The zero-order valence-electron chi connectivity index (χ0n) is 35.4. The van der Waals surface area contributed by atoms with Gasteiger partial charge in [-0.15, -0.1) is 0 Å². The summed E-state index contributed by atoms with van der Waals surface area (Å²) in [6.45, 7) is 11.3. The molecule has 308 valence electrons. The van der Waals surface area contributed by atoms with E-state index in [0.717, 1.165) is 69.6 Å². The van der Waals surface area contributed by atoms with Crippen LogP contribution in [0.25, 0.3) is 0 Å². The average molecular weight is 737 g/mol. The molecule has 52 heavy (non-hydrogen) atoms. The quantitative estimate of drug-likeness (QED) is 0.0354. The number of rotatable bonds is 40. The Morgan fingerprint density at radius 3 is 1.10 bits per heavy atom. The first-order valence-corrected chi connectivity index (χ1v) is 22.8. The molecule has 0 amide bonds. The van der Waals surface area contributed by atoms with E-state index in [4.69, 9.17) is 14.2 Å². The minimum absolute atomic E-state index is 0.0655. The molecule has 0 bridgehead atoms. The molecule has 0 rings (SSSR count). The van der Waals surface area contributed by atoms with Crippen LogP contribution in [0, 0.1) is 11.8 Å². The zero-order valence-corrected chi connectivity index (χ0v) is 35.4. The predicted molar refractivity (Wildman–Crippen MR) is 220 cm³/mol. The van der Waals surface area contributed by atoms with Crippen molar-refractivity contribution in [1.29, 1.82) is 0 Å². The van der Waals surface area contributed by atoms with Gasteiger partial charge in [0.15, 0.2) is 6.10 Å². The monoisotopic (exact) mass is 737 g/mol. The Morgan fingerprint density at radius 2 is 0.731 bits per heavy atom. The number of hydrogen-bond donors (Lipinski definition) is 0. The van der Waals surface area contributed by atoms with Gasteiger partial charge in [-0.2, -0.15) is 0 Å². The van der Waals surface area contributed by atoms with Gasteiger partial charge in [0, 0.05) is 19.3 Å². The van der Waals surface area contributed by atoms with E-state index in [0.29, 0.717) is 19.3 Å². The third-order valence-corrected chi connectivity index (χ3v) is 10.6. The molecule has 6 nitrogen and oxygen atoms in total. The minimum atomic E-state index is -0.760. The second-order valence-corrected chi connectivity index (χ2v) is 16.4. The van der Waals surface area contributed by atoms with Gasteiger partial charge >= 0.3 is 17.9 Å². The van der Waals surface area contributed by atoms with Crippen molar-refractivity contribution in [3.8, 4) is 0 Å². The minimum Gasteiger partial charge on any atom is -0.462 e. The standard InChI is InChI=1S/C46H88O6/c1-6-8-9-10-11-12-13-18-21-28-33-38-46(49)52-43(40-51-45(48)37-32-27-23-22-25-30-35-42(5)7-2)39-50-44(47)36-31-26-20-17-15-14-16-19-24-29-34-41(3)4/h41-43H,6-40H2,1-5H3/t42?,43-/m1/s1. The van der Waals surface area contributed by atoms with Gasteiger partial charge < -0.3 is 14.2 Å². The second kappa shape index (κ2) is 39.1. The molecule has 0 radical (unpaired) electrons. The van der Waals surface area contributed by atoms with Crippen molar-refractivity contribution in [2.75, 3.05) is 13.2 Å². The summed E-state index contributed by atoms with van der Waals surface area (Å²) in [5.41, 5.74) is 0. The van der Waals surface area contributed by atoms with Crippen LogP contribution < -0.4 is 0 Å². The lowest BCUT2D eigenvalue weighted by Gasteiger charge is -2.18. The van der Waals surface area contributed by atoms with Crippen molar-refractivity contribution < 1.29 is 28.6 Å². The van der Waals surface area contributed by atoms with Gasteiger partial charge in [0.05, 0.1) is 0 Å². The first-order valence-electron chi connectivity index (χ1n) is 22.8. The normalized spacial score (nSPS) is 12.6. The van der Waals surface area contributed by atoms with E-state index in [1.807, 2.05) is 0 Å². The van der Waals surface area contributed by atoms with Crippen molar-refractivity contribution in [3.05, 3.63) is 0 Å². The Bertz CT molecular complexity index is 796. The van der Waals surface area contributed by atoms with E-state index in [9.17, 15) is 14.4 Å². The SMILES string of the molecule is CCCCCCCCCCCCCC(=O)O[C@H](COC(=O)CCCCCCCCCCCCC(C)C)COC(=O)CCCCCCCCC(C)CC. The summed E-state index contributed by atoms with van der Waals surface area (Å²) in [5.74, 6) is 0.772. The maximum Gasteiger partial charge on any atom is 0.306 e. The van der Waals surface area contributed by atoms with Gasteiger partial charge in [-0.25, -0.2) is 0 Å². The highest BCUT2D eigenvalue weighted by molar-refractivity contribution is 5.71. The summed E-state index contributed by atoms with van der Waals surface area (Å²) < 4.78 is 16.7. The van der Waals surface area contributed by atoms with E-state index in [2.05, 4.69) is 34.6 Å². The van der Waals surface area contributed by atoms with Crippen molar-refractivity contribution in [1.82, 2.24) is 0 Å². The van der Waals surface area contributed by atoms with Crippen LogP contribution in [0.3, 0.4) is 0 Å². The first-order chi connectivity index (χ1) is 25.3. The van der Waals surface area contributed by atoms with Crippen molar-refractivity contribution in [3.63, 3.8) is 0 Å². The number of esters is 3. The summed E-state index contributed by atoms with van der Waals surface area (Å²) in [6, 6.07) is 0. The summed E-state index contributed by atoms with van der Waals surface area (Å²) >= 11 is 0. The summed E-state index contributed by atoms with van der Waals surface area (Å²) in [7, 11) is 0. The smallest absolute Gasteiger partial charge is 0.306 e. The molecule has 2 atom stereocenters. The maximum atomic E-state index is 12.7. The van der Waals surface area contributed by atoms with Gasteiger partial charge in [-0.05, 0) is 31.1 Å². The highest BCUT2D eigenvalue weighted by atomic mass is 16.6. The molecule has 0 heterocycles. The van der Waals surface area contributed by atoms with Crippen molar-refractivity contribution in [2.45, 2.75) is 253 Å². The van der Waals surface area contributed by atoms with Gasteiger partial charge in [0.2, 0.25) is 0 Å². The zero-order chi connectivity index (χ0) is 38.3. The number of unbranched alkanes of at least 4 members (excludes halogenated alkanes) is 24. The second-order valence-electron chi connectivity index (χ2n) is 16.4. The van der Waals surface area contributed by atoms with Crippen molar-refractivity contribution >= 4 is 17.9 Å². The van der Waals surface area contributed by atoms with Crippen LogP contribution in [0.1, 0.15) is 247 Å². The number of ether oxygens (including phenoxy) is 3. The van der Waals surface area contributed by atoms with Gasteiger partial charge in [0.1, 0.15) is 13.2 Å². The fraction of sp³-hybridized carbons (Fsp3) is 0.935. The van der Waals surface area contributed by atoms with Crippen LogP contribution in [0.4, 0.5) is 0 Å². The van der Waals surface area contributed by atoms with Crippen LogP contribution in [-0.4, -0.2) is 37.2 Å². The number of carbonyl (C=O) groups excluding carboxylic acids is 3. The molecule has 0 spiro atoms. The molecule has 0 aromatic carbocycles. The molecular weight excluding hydrogens is 648 g/mol. The van der Waals surface area contributed by atoms with E-state index in [1.54, 1.807) is 0 Å². The molecule has 0 aromatic heterocycles. The lowest BCUT2D eigenvalue weighted by molar-refractivity contribution is -0.167. The van der Waals surface area contributed by atoms with E-state index < -0.39 is 6.10 Å². The Hall–Kier alpha value is -1.59. The molecule has 0 fully saturated rings. The van der Waals surface area contributed by atoms with Crippen LogP contribution >= 0.6 is 0 Å². The number of carbonyl (C=O) groups is 3. The third kappa shape index (κ3) is 38.1. The summed E-state index contributed by atoms with van der Waals surface area (Å²) in [5, 5.41) is 0. The molecule has 6 heteroatoms. The number of hydrogen-bond acceptors (Lipinski definition) is 6. The van der Waals surface area contributed by atoms with Gasteiger partial charge in [-0.3, -0.25) is 14.4 Å².